The Morgan fingerprint density at radius 3 is 2.27 bits per heavy atom. The lowest BCUT2D eigenvalue weighted by Gasteiger charge is -2.22. The van der Waals surface area contributed by atoms with E-state index in [2.05, 4.69) is 10.6 Å². The Morgan fingerprint density at radius 1 is 1.03 bits per heavy atom. The number of benzene rings is 2. The first-order valence-corrected chi connectivity index (χ1v) is 9.86. The number of ether oxygens (including phenoxy) is 2. The molecule has 0 aliphatic rings. The van der Waals surface area contributed by atoms with Gasteiger partial charge in [-0.3, -0.25) is 19.7 Å². The Balaban J connectivity index is 2.30. The van der Waals surface area contributed by atoms with Crippen LogP contribution in [0.2, 0.25) is 0 Å². The first-order valence-electron chi connectivity index (χ1n) is 9.86. The number of amides is 2. The van der Waals surface area contributed by atoms with Gasteiger partial charge in [0.2, 0.25) is 11.8 Å². The molecule has 0 aliphatic heterocycles. The van der Waals surface area contributed by atoms with E-state index in [1.807, 2.05) is 0 Å². The predicted molar refractivity (Wildman–Crippen MR) is 115 cm³/mol. The number of hydrogen-bond donors (Lipinski definition) is 2. The van der Waals surface area contributed by atoms with Gasteiger partial charge in [-0.25, -0.2) is 9.18 Å². The van der Waals surface area contributed by atoms with Crippen molar-refractivity contribution in [1.29, 1.82) is 0 Å². The molecule has 0 radical (unpaired) electrons. The molecule has 0 fully saturated rings. The summed E-state index contributed by atoms with van der Waals surface area (Å²) in [5.74, 6) is -2.38. The molecule has 2 atom stereocenters. The molecular weight excluding hydrogens is 437 g/mol. The second-order valence-corrected chi connectivity index (χ2v) is 7.09. The quantitative estimate of drug-likeness (QED) is 0.312. The Kier molecular flexibility index (Phi) is 8.84. The maximum absolute atomic E-state index is 14.1. The molecule has 10 nitrogen and oxygen atoms in total. The lowest BCUT2D eigenvalue weighted by atomic mass is 10.0. The number of carbonyl (C=O) groups is 3. The summed E-state index contributed by atoms with van der Waals surface area (Å²) >= 11 is 0. The third-order valence-corrected chi connectivity index (χ3v) is 4.78. The van der Waals surface area contributed by atoms with Crippen LogP contribution in [0.4, 0.5) is 10.1 Å². The van der Waals surface area contributed by atoms with E-state index in [4.69, 9.17) is 9.47 Å². The molecule has 33 heavy (non-hydrogen) atoms. The zero-order valence-electron chi connectivity index (χ0n) is 18.3. The van der Waals surface area contributed by atoms with Gasteiger partial charge in [0.1, 0.15) is 23.7 Å². The summed E-state index contributed by atoms with van der Waals surface area (Å²) in [6.45, 7) is 1.20. The van der Waals surface area contributed by atoms with Crippen molar-refractivity contribution in [3.05, 3.63) is 69.5 Å². The summed E-state index contributed by atoms with van der Waals surface area (Å²) in [7, 11) is 2.48. The highest BCUT2D eigenvalue weighted by atomic mass is 19.1. The SMILES string of the molecule is COC(=O)[C@@H](Cc1cc([N+](=O)[O-])ccc1OC)NC(=O)[C@@H](Cc1ccccc1F)NC(C)=O. The van der Waals surface area contributed by atoms with Crippen LogP contribution < -0.4 is 15.4 Å². The highest BCUT2D eigenvalue weighted by molar-refractivity contribution is 5.90. The monoisotopic (exact) mass is 461 g/mol. The van der Waals surface area contributed by atoms with Crippen molar-refractivity contribution in [2.24, 2.45) is 0 Å². The van der Waals surface area contributed by atoms with Crippen molar-refractivity contribution >= 4 is 23.5 Å². The second-order valence-electron chi connectivity index (χ2n) is 7.09. The van der Waals surface area contributed by atoms with Gasteiger partial charge < -0.3 is 20.1 Å². The number of non-ortho nitro benzene ring substituents is 1. The first-order chi connectivity index (χ1) is 15.7. The molecule has 2 aromatic rings. The smallest absolute Gasteiger partial charge is 0.328 e. The van der Waals surface area contributed by atoms with E-state index >= 15 is 0 Å². The van der Waals surface area contributed by atoms with Gasteiger partial charge in [0, 0.05) is 37.5 Å². The molecule has 0 unspecified atom stereocenters. The third-order valence-electron chi connectivity index (χ3n) is 4.78. The zero-order chi connectivity index (χ0) is 24.5. The van der Waals surface area contributed by atoms with Crippen LogP contribution in [0.5, 0.6) is 5.75 Å². The van der Waals surface area contributed by atoms with Crippen molar-refractivity contribution in [3.8, 4) is 5.75 Å². The molecule has 176 valence electrons. The number of hydrogen-bond acceptors (Lipinski definition) is 7. The molecule has 2 amide bonds. The number of methoxy groups -OCH3 is 2. The van der Waals surface area contributed by atoms with Crippen LogP contribution in [0.3, 0.4) is 0 Å². The van der Waals surface area contributed by atoms with Gasteiger partial charge in [0.25, 0.3) is 5.69 Å². The minimum absolute atomic E-state index is 0.161. The summed E-state index contributed by atoms with van der Waals surface area (Å²) in [6, 6.07) is 7.20. The molecule has 2 N–H and O–H groups in total. The van der Waals surface area contributed by atoms with Crippen LogP contribution in [-0.4, -0.2) is 49.0 Å². The average Bonchev–Trinajstić information content (AvgIpc) is 2.78. The number of esters is 1. The van der Waals surface area contributed by atoms with Crippen LogP contribution in [0.15, 0.2) is 42.5 Å². The van der Waals surface area contributed by atoms with Crippen LogP contribution in [-0.2, 0) is 32.0 Å². The number of nitrogens with zero attached hydrogens (tertiary/aromatic N) is 1. The number of nitro benzene ring substituents is 1. The summed E-state index contributed by atoms with van der Waals surface area (Å²) in [4.78, 5) is 47.5. The van der Waals surface area contributed by atoms with Crippen molar-refractivity contribution in [2.45, 2.75) is 31.8 Å². The fourth-order valence-electron chi connectivity index (χ4n) is 3.20. The number of halogens is 1. The first kappa shape index (κ1) is 25.2. The molecule has 2 aromatic carbocycles. The fourth-order valence-corrected chi connectivity index (χ4v) is 3.20. The Bertz CT molecular complexity index is 1040. The number of carbonyl (C=O) groups excluding carboxylic acids is 3. The second kappa shape index (κ2) is 11.6. The lowest BCUT2D eigenvalue weighted by molar-refractivity contribution is -0.384. The summed E-state index contributed by atoms with van der Waals surface area (Å²) < 4.78 is 24.0. The van der Waals surface area contributed by atoms with Gasteiger partial charge in [-0.15, -0.1) is 0 Å². The Labute approximate surface area is 189 Å². The van der Waals surface area contributed by atoms with Crippen molar-refractivity contribution in [1.82, 2.24) is 10.6 Å². The number of nitrogens with one attached hydrogen (secondary N) is 2. The molecule has 0 saturated carbocycles. The van der Waals surface area contributed by atoms with Crippen LogP contribution >= 0.6 is 0 Å². The Hall–Kier alpha value is -4.02. The molecule has 0 aliphatic carbocycles. The average molecular weight is 461 g/mol. The van der Waals surface area contributed by atoms with Gasteiger partial charge in [-0.2, -0.15) is 0 Å². The van der Waals surface area contributed by atoms with Crippen LogP contribution in [0, 0.1) is 15.9 Å². The van der Waals surface area contributed by atoms with Crippen LogP contribution in [0.25, 0.3) is 0 Å². The highest BCUT2D eigenvalue weighted by Crippen LogP contribution is 2.25. The lowest BCUT2D eigenvalue weighted by Crippen LogP contribution is -2.53. The van der Waals surface area contributed by atoms with Crippen molar-refractivity contribution in [2.75, 3.05) is 14.2 Å². The molecule has 0 aromatic heterocycles. The van der Waals surface area contributed by atoms with Crippen molar-refractivity contribution < 1.29 is 33.2 Å². The number of rotatable bonds is 10. The van der Waals surface area contributed by atoms with E-state index in [1.165, 1.54) is 50.4 Å². The van der Waals surface area contributed by atoms with E-state index < -0.39 is 40.6 Å². The van der Waals surface area contributed by atoms with Gasteiger partial charge >= 0.3 is 5.97 Å². The topological polar surface area (TPSA) is 137 Å². The predicted octanol–water partition coefficient (Wildman–Crippen LogP) is 1.69. The van der Waals surface area contributed by atoms with Crippen LogP contribution in [0.1, 0.15) is 18.1 Å². The van der Waals surface area contributed by atoms with Crippen molar-refractivity contribution in [3.63, 3.8) is 0 Å². The normalized spacial score (nSPS) is 12.2. The standard InChI is InChI=1S/C22H24FN3O7/c1-13(27)24-18(11-14-6-4-5-7-17(14)23)21(28)25-19(22(29)33-3)12-15-10-16(26(30)31)8-9-20(15)32-2/h4-10,18-19H,11-12H2,1-3H3,(H,24,27)(H,25,28)/t18-,19-/m1/s1. The minimum atomic E-state index is -1.25. The summed E-state index contributed by atoms with van der Waals surface area (Å²) in [6.07, 6.45) is -0.345. The van der Waals surface area contributed by atoms with E-state index in [1.54, 1.807) is 6.07 Å². The zero-order valence-corrected chi connectivity index (χ0v) is 18.3. The summed E-state index contributed by atoms with van der Waals surface area (Å²) in [5, 5.41) is 16.1. The van der Waals surface area contributed by atoms with E-state index in [0.29, 0.717) is 0 Å². The van der Waals surface area contributed by atoms with E-state index in [9.17, 15) is 28.9 Å². The molecule has 0 spiro atoms. The fraction of sp³-hybridized carbons (Fsp3) is 0.318. The minimum Gasteiger partial charge on any atom is -0.496 e. The van der Waals surface area contributed by atoms with E-state index in [-0.39, 0.29) is 35.4 Å². The largest absolute Gasteiger partial charge is 0.496 e. The maximum Gasteiger partial charge on any atom is 0.328 e. The van der Waals surface area contributed by atoms with Gasteiger partial charge in [-0.05, 0) is 17.7 Å². The molecule has 11 heteroatoms. The maximum atomic E-state index is 14.1. The van der Waals surface area contributed by atoms with Gasteiger partial charge in [-0.1, -0.05) is 18.2 Å². The molecule has 2 rings (SSSR count). The van der Waals surface area contributed by atoms with Gasteiger partial charge in [0.05, 0.1) is 19.1 Å². The molecule has 0 saturated heterocycles. The Morgan fingerprint density at radius 2 is 1.70 bits per heavy atom. The molecule has 0 bridgehead atoms. The van der Waals surface area contributed by atoms with Gasteiger partial charge in [0.15, 0.2) is 0 Å². The molecular formula is C22H24FN3O7. The highest BCUT2D eigenvalue weighted by Gasteiger charge is 2.29. The third kappa shape index (κ3) is 6.99. The van der Waals surface area contributed by atoms with E-state index in [0.717, 1.165) is 7.11 Å². The molecule has 0 heterocycles. The number of nitro groups is 1. The summed E-state index contributed by atoms with van der Waals surface area (Å²) in [5.41, 5.74) is 0.255.